The lowest BCUT2D eigenvalue weighted by molar-refractivity contribution is 0.0970. The molecule has 7 nitrogen and oxygen atoms in total. The van der Waals surface area contributed by atoms with Crippen molar-refractivity contribution in [3.8, 4) is 5.75 Å². The van der Waals surface area contributed by atoms with E-state index in [4.69, 9.17) is 9.15 Å². The average Bonchev–Trinajstić information content (AvgIpc) is 3.39. The van der Waals surface area contributed by atoms with E-state index in [9.17, 15) is 9.59 Å². The van der Waals surface area contributed by atoms with Crippen LogP contribution in [0.1, 0.15) is 70.0 Å². The fourth-order valence-corrected chi connectivity index (χ4v) is 5.13. The molecule has 4 aromatic rings. The maximum Gasteiger partial charge on any atom is 0.297 e. The SMILES string of the molecule is CCCCCOc1ccc(C2c3c(oc4cc(C)c(C)cc4c3=O)C(=O)N2c2nnc(C)s2)cc1. The molecule has 1 aliphatic heterocycles. The van der Waals surface area contributed by atoms with Gasteiger partial charge in [0.25, 0.3) is 5.91 Å². The maximum absolute atomic E-state index is 13.8. The lowest BCUT2D eigenvalue weighted by Crippen LogP contribution is -2.29. The highest BCUT2D eigenvalue weighted by Crippen LogP contribution is 2.42. The van der Waals surface area contributed by atoms with Gasteiger partial charge in [-0.05, 0) is 68.1 Å². The number of carbonyl (C=O) groups is 1. The second-order valence-electron chi connectivity index (χ2n) is 8.91. The quantitative estimate of drug-likeness (QED) is 0.301. The smallest absolute Gasteiger partial charge is 0.297 e. The van der Waals surface area contributed by atoms with Gasteiger partial charge >= 0.3 is 0 Å². The van der Waals surface area contributed by atoms with E-state index in [-0.39, 0.29) is 11.2 Å². The van der Waals surface area contributed by atoms with Gasteiger partial charge in [0.05, 0.1) is 23.6 Å². The van der Waals surface area contributed by atoms with Gasteiger partial charge in [-0.3, -0.25) is 14.5 Å². The molecular formula is C27H27N3O4S. The third-order valence-electron chi connectivity index (χ3n) is 6.42. The Balaban J connectivity index is 1.63. The maximum atomic E-state index is 13.8. The summed E-state index contributed by atoms with van der Waals surface area (Å²) in [4.78, 5) is 28.9. The molecule has 0 saturated carbocycles. The van der Waals surface area contributed by atoms with Crippen LogP contribution in [0.4, 0.5) is 5.13 Å². The minimum Gasteiger partial charge on any atom is -0.494 e. The number of benzene rings is 2. The van der Waals surface area contributed by atoms with Crippen molar-refractivity contribution in [3.63, 3.8) is 0 Å². The van der Waals surface area contributed by atoms with Gasteiger partial charge in [-0.25, -0.2) is 0 Å². The van der Waals surface area contributed by atoms with Crippen molar-refractivity contribution in [2.24, 2.45) is 0 Å². The Morgan fingerprint density at radius 1 is 1.03 bits per heavy atom. The van der Waals surface area contributed by atoms with Crippen molar-refractivity contribution in [2.45, 2.75) is 53.0 Å². The molecule has 1 amide bonds. The predicted octanol–water partition coefficient (Wildman–Crippen LogP) is 5.89. The van der Waals surface area contributed by atoms with E-state index in [1.165, 1.54) is 16.2 Å². The summed E-state index contributed by atoms with van der Waals surface area (Å²) in [6.45, 7) is 8.55. The molecule has 0 radical (unpaired) electrons. The summed E-state index contributed by atoms with van der Waals surface area (Å²) in [5, 5.41) is 9.94. The topological polar surface area (TPSA) is 85.5 Å². The monoisotopic (exact) mass is 489 g/mol. The Morgan fingerprint density at radius 2 is 1.77 bits per heavy atom. The van der Waals surface area contributed by atoms with Crippen LogP contribution in [0, 0.1) is 20.8 Å². The van der Waals surface area contributed by atoms with E-state index in [2.05, 4.69) is 17.1 Å². The highest BCUT2D eigenvalue weighted by molar-refractivity contribution is 7.15. The number of aromatic nitrogens is 2. The molecule has 35 heavy (non-hydrogen) atoms. The van der Waals surface area contributed by atoms with E-state index < -0.39 is 11.9 Å². The van der Waals surface area contributed by atoms with Crippen molar-refractivity contribution in [2.75, 3.05) is 11.5 Å². The van der Waals surface area contributed by atoms with Gasteiger partial charge in [-0.2, -0.15) is 0 Å². The molecule has 8 heteroatoms. The summed E-state index contributed by atoms with van der Waals surface area (Å²) in [7, 11) is 0. The fraction of sp³-hybridized carbons (Fsp3) is 0.333. The van der Waals surface area contributed by atoms with Crippen LogP contribution in [0.5, 0.6) is 5.75 Å². The normalized spacial score (nSPS) is 15.1. The number of fused-ring (bicyclic) bond motifs is 2. The Morgan fingerprint density at radius 3 is 2.46 bits per heavy atom. The molecule has 2 aromatic carbocycles. The van der Waals surface area contributed by atoms with E-state index in [0.29, 0.717) is 28.3 Å². The lowest BCUT2D eigenvalue weighted by atomic mass is 9.97. The summed E-state index contributed by atoms with van der Waals surface area (Å²) >= 11 is 1.31. The van der Waals surface area contributed by atoms with E-state index in [1.807, 2.05) is 57.2 Å². The summed E-state index contributed by atoms with van der Waals surface area (Å²) in [5.74, 6) is 0.422. The Hall–Kier alpha value is -3.52. The van der Waals surface area contributed by atoms with Crippen LogP contribution in [-0.4, -0.2) is 22.7 Å². The molecular weight excluding hydrogens is 462 g/mol. The van der Waals surface area contributed by atoms with Crippen LogP contribution < -0.4 is 15.1 Å². The number of carbonyl (C=O) groups excluding carboxylic acids is 1. The second kappa shape index (κ2) is 9.26. The van der Waals surface area contributed by atoms with Crippen LogP contribution in [0.3, 0.4) is 0 Å². The number of aryl methyl sites for hydroxylation is 3. The molecule has 0 aliphatic carbocycles. The number of unbranched alkanes of at least 4 members (excludes halogenated alkanes) is 2. The third-order valence-corrected chi connectivity index (χ3v) is 7.26. The minimum absolute atomic E-state index is 0.0588. The third kappa shape index (κ3) is 4.12. The Bertz CT molecular complexity index is 1470. The predicted molar refractivity (Wildman–Crippen MR) is 137 cm³/mol. The van der Waals surface area contributed by atoms with Crippen molar-refractivity contribution in [3.05, 3.63) is 79.6 Å². The summed E-state index contributed by atoms with van der Waals surface area (Å²) in [6.07, 6.45) is 3.26. The molecule has 0 N–H and O–H groups in total. The van der Waals surface area contributed by atoms with Gasteiger partial charge in [0, 0.05) is 0 Å². The van der Waals surface area contributed by atoms with Crippen molar-refractivity contribution >= 4 is 33.3 Å². The van der Waals surface area contributed by atoms with Gasteiger partial charge in [-0.15, -0.1) is 10.2 Å². The van der Waals surface area contributed by atoms with E-state index >= 15 is 0 Å². The minimum atomic E-state index is -0.666. The Labute approximate surface area is 207 Å². The fourth-order valence-electron chi connectivity index (χ4n) is 4.41. The highest BCUT2D eigenvalue weighted by Gasteiger charge is 2.45. The van der Waals surface area contributed by atoms with Crippen LogP contribution in [0.15, 0.2) is 45.6 Å². The second-order valence-corrected chi connectivity index (χ2v) is 10.1. The number of rotatable bonds is 7. The number of hydrogen-bond donors (Lipinski definition) is 0. The first-order valence-corrected chi connectivity index (χ1v) is 12.6. The Kier molecular flexibility index (Phi) is 6.15. The van der Waals surface area contributed by atoms with Crippen LogP contribution >= 0.6 is 11.3 Å². The van der Waals surface area contributed by atoms with Crippen LogP contribution in [0.25, 0.3) is 11.0 Å². The molecule has 1 unspecified atom stereocenters. The number of nitrogens with zero attached hydrogens (tertiary/aromatic N) is 3. The van der Waals surface area contributed by atoms with Gasteiger partial charge in [0.2, 0.25) is 10.9 Å². The molecule has 0 saturated heterocycles. The van der Waals surface area contributed by atoms with E-state index in [1.54, 1.807) is 0 Å². The first kappa shape index (κ1) is 23.2. The first-order chi connectivity index (χ1) is 16.9. The number of anilines is 1. The molecule has 0 fully saturated rings. The lowest BCUT2D eigenvalue weighted by Gasteiger charge is -2.22. The van der Waals surface area contributed by atoms with Gasteiger partial charge in [0.15, 0.2) is 5.43 Å². The van der Waals surface area contributed by atoms with Gasteiger partial charge in [-0.1, -0.05) is 43.2 Å². The summed E-state index contributed by atoms with van der Waals surface area (Å²) < 4.78 is 11.9. The number of hydrogen-bond acceptors (Lipinski definition) is 7. The van der Waals surface area contributed by atoms with Crippen molar-refractivity contribution < 1.29 is 13.9 Å². The zero-order valence-electron chi connectivity index (χ0n) is 20.3. The molecule has 3 heterocycles. The number of amides is 1. The summed E-state index contributed by atoms with van der Waals surface area (Å²) in [5.41, 5.74) is 3.30. The molecule has 1 aliphatic rings. The molecule has 0 bridgehead atoms. The van der Waals surface area contributed by atoms with E-state index in [0.717, 1.165) is 46.7 Å². The standard InChI is InChI=1S/C27H27N3O4S/c1-5-6-7-12-33-19-10-8-18(9-11-19)23-22-24(31)20-13-15(2)16(3)14-21(20)34-25(22)26(32)30(23)27-29-28-17(4)35-27/h8-11,13-14,23H,5-7,12H2,1-4H3. The van der Waals surface area contributed by atoms with Crippen molar-refractivity contribution in [1.82, 2.24) is 10.2 Å². The molecule has 5 rings (SSSR count). The zero-order chi connectivity index (χ0) is 24.7. The zero-order valence-corrected chi connectivity index (χ0v) is 21.1. The molecule has 180 valence electrons. The first-order valence-electron chi connectivity index (χ1n) is 11.8. The molecule has 1 atom stereocenters. The van der Waals surface area contributed by atoms with Gasteiger partial charge in [0.1, 0.15) is 16.3 Å². The van der Waals surface area contributed by atoms with Crippen LogP contribution in [0.2, 0.25) is 0 Å². The average molecular weight is 490 g/mol. The molecule has 0 spiro atoms. The highest BCUT2D eigenvalue weighted by atomic mass is 32.1. The van der Waals surface area contributed by atoms with Crippen molar-refractivity contribution in [1.29, 1.82) is 0 Å². The largest absolute Gasteiger partial charge is 0.494 e. The van der Waals surface area contributed by atoms with Crippen LogP contribution in [-0.2, 0) is 0 Å². The summed E-state index contributed by atoms with van der Waals surface area (Å²) in [6, 6.07) is 10.5. The van der Waals surface area contributed by atoms with Gasteiger partial charge < -0.3 is 9.15 Å². The molecule has 2 aromatic heterocycles. The number of ether oxygens (including phenoxy) is 1.